The van der Waals surface area contributed by atoms with Gasteiger partial charge in [-0.15, -0.1) is 0 Å². The predicted octanol–water partition coefficient (Wildman–Crippen LogP) is -6.52. The first-order chi connectivity index (χ1) is 24.6. The summed E-state index contributed by atoms with van der Waals surface area (Å²) in [5.41, 5.74) is 8.70. The zero-order valence-electron chi connectivity index (χ0n) is 27.2. The van der Waals surface area contributed by atoms with Gasteiger partial charge >= 0.3 is 0 Å². The van der Waals surface area contributed by atoms with Crippen molar-refractivity contribution in [3.8, 4) is 0 Å². The molecule has 2 saturated heterocycles. The Balaban J connectivity index is 1.04. The molecule has 0 aromatic carbocycles. The number of ether oxygens (including phenoxy) is 3. The molecule has 0 amide bonds. The van der Waals surface area contributed by atoms with E-state index in [1.807, 2.05) is 0 Å². The summed E-state index contributed by atoms with van der Waals surface area (Å²) in [5, 5.41) is 47.7. The Labute approximate surface area is 296 Å². The Morgan fingerprint density at radius 2 is 1.72 bits per heavy atom. The lowest BCUT2D eigenvalue weighted by Crippen LogP contribution is -2.60. The summed E-state index contributed by atoms with van der Waals surface area (Å²) >= 11 is 0. The lowest BCUT2D eigenvalue weighted by molar-refractivity contribution is -0.407. The van der Waals surface area contributed by atoms with Gasteiger partial charge in [-0.25, -0.2) is 13.6 Å². The van der Waals surface area contributed by atoms with Crippen LogP contribution in [0.2, 0.25) is 0 Å². The average Bonchev–Trinajstić information content (AvgIpc) is 3.77. The van der Waals surface area contributed by atoms with Crippen molar-refractivity contribution in [1.29, 1.82) is 0 Å². The fourth-order valence-electron chi connectivity index (χ4n) is 6.17. The molecule has 9 N–H and O–H groups in total. The third-order valence-corrected chi connectivity index (χ3v) is 12.6. The molecule has 53 heavy (non-hydrogen) atoms. The minimum absolute atomic E-state index is 0.0704. The van der Waals surface area contributed by atoms with E-state index >= 15 is 0 Å². The van der Waals surface area contributed by atoms with E-state index in [2.05, 4.69) is 37.9 Å². The zero-order valence-corrected chi connectivity index (χ0v) is 29.9. The van der Waals surface area contributed by atoms with Gasteiger partial charge in [0.1, 0.15) is 42.2 Å². The van der Waals surface area contributed by atoms with Gasteiger partial charge in [-0.1, -0.05) is 0 Å². The van der Waals surface area contributed by atoms with Crippen LogP contribution in [0.5, 0.6) is 0 Å². The summed E-state index contributed by atoms with van der Waals surface area (Å²) in [6, 6.07) is 1.28. The molecule has 0 bridgehead atoms. The fourth-order valence-corrected chi connectivity index (χ4v) is 9.56. The molecule has 0 radical (unpaired) electrons. The molecule has 4 aliphatic rings. The molecule has 11 atom stereocenters. The number of rotatable bonds is 13. The number of pyridine rings is 1. The number of guanidine groups is 1. The number of nitrogens with one attached hydrogen (secondary N) is 2. The number of aliphatic hydroxyl groups is 3. The van der Waals surface area contributed by atoms with Crippen molar-refractivity contribution < 1.29 is 80.7 Å². The number of anilines is 1. The van der Waals surface area contributed by atoms with Gasteiger partial charge in [-0.2, -0.15) is 0 Å². The van der Waals surface area contributed by atoms with E-state index in [0.29, 0.717) is 0 Å². The van der Waals surface area contributed by atoms with E-state index in [1.165, 1.54) is 15.9 Å². The molecule has 27 nitrogen and oxygen atoms in total. The van der Waals surface area contributed by atoms with Gasteiger partial charge in [-0.05, 0) is 0 Å². The van der Waals surface area contributed by atoms with E-state index in [9.17, 15) is 53.6 Å². The Bertz CT molecular complexity index is 2010. The first-order valence-electron chi connectivity index (χ1n) is 15.0. The molecule has 4 aliphatic heterocycles. The van der Waals surface area contributed by atoms with Crippen molar-refractivity contribution in [2.45, 2.75) is 48.7 Å². The van der Waals surface area contributed by atoms with Gasteiger partial charge in [0, 0.05) is 26.5 Å². The second kappa shape index (κ2) is 14.2. The number of nitrogens with two attached hydrogens (primary N) is 2. The lowest BCUT2D eigenvalue weighted by Gasteiger charge is -2.40. The number of nitrogens with zero attached hydrogens (tertiary/aromatic N) is 5. The van der Waals surface area contributed by atoms with E-state index in [1.54, 1.807) is 7.05 Å². The van der Waals surface area contributed by atoms with E-state index in [0.717, 1.165) is 18.0 Å². The summed E-state index contributed by atoms with van der Waals surface area (Å²) in [6.45, 7) is -2.82. The summed E-state index contributed by atoms with van der Waals surface area (Å²) < 4.78 is 71.3. The fraction of sp³-hybridized carbons (Fsp3) is 0.609. The normalized spacial score (nSPS) is 33.8. The SMILES string of the molecule is CO[C@@H]1[C@H](COP(=O)([O-])OP(=O)([O-])OP(=O)([O-])OC[C@H]2O[C@@H](n3cnc4c(=O)[nH]c(N)cc43)[C@@H](O)C2O)OCC1(O)N1CN(C)C2=C1NC(N)=NC2[O-]. The number of aromatic amines is 1. The number of phosphoric ester groups is 2. The molecule has 0 saturated carbocycles. The standard InChI is InChI=1S/C23H35N9O18P3/c1-30-8-32(18-14(30)20(36)29-22(25)28-18)23(37)6-45-11(17(23)44-2)5-47-52(40,41)50-53(42,43)49-51(38,39)46-4-10-15(33)16(34)21(48-10)31-7-26-13-9(31)3-12(24)27-19(13)35/h3,7,10-11,15-17,20-21,33-34,37H,4-6,8H2,1-2H3,(H,38,39)(H,40,41)(H,42,43)(H3,24,27,35)(H3,25,28,29)/q-1/p-3/t10-,11+,15?,16+,17-,20?,21-,23?/m1/s1. The molecule has 30 heteroatoms. The van der Waals surface area contributed by atoms with Gasteiger partial charge in [-0.3, -0.25) is 23.5 Å². The summed E-state index contributed by atoms with van der Waals surface area (Å²) in [6.07, 6.45) is -10.1. The third-order valence-electron chi connectivity index (χ3n) is 8.44. The van der Waals surface area contributed by atoms with Crippen LogP contribution in [-0.2, 0) is 45.6 Å². The van der Waals surface area contributed by atoms with Crippen molar-refractivity contribution in [1.82, 2.24) is 29.7 Å². The van der Waals surface area contributed by atoms with Crippen LogP contribution >= 0.6 is 23.5 Å². The molecular weight excluding hydrogens is 783 g/mol. The second-order valence-electron chi connectivity index (χ2n) is 12.0. The number of aliphatic hydroxyl groups excluding tert-OH is 2. The molecule has 6 unspecified atom stereocenters. The minimum Gasteiger partial charge on any atom is -0.830 e. The van der Waals surface area contributed by atoms with E-state index in [4.69, 9.17) is 25.7 Å². The van der Waals surface area contributed by atoms with Gasteiger partial charge in [0.2, 0.25) is 0 Å². The molecule has 2 aromatic rings. The summed E-state index contributed by atoms with van der Waals surface area (Å²) in [5.74, 6) is -0.218. The van der Waals surface area contributed by atoms with Crippen molar-refractivity contribution in [2.75, 3.05) is 46.4 Å². The van der Waals surface area contributed by atoms with Crippen LogP contribution in [0.4, 0.5) is 5.82 Å². The van der Waals surface area contributed by atoms with Crippen molar-refractivity contribution in [3.63, 3.8) is 0 Å². The number of imidazole rings is 1. The molecule has 0 aliphatic carbocycles. The topological polar surface area (TPSA) is 402 Å². The monoisotopic (exact) mass is 815 g/mol. The average molecular weight is 815 g/mol. The van der Waals surface area contributed by atoms with Crippen LogP contribution in [0.1, 0.15) is 6.23 Å². The minimum atomic E-state index is -6.34. The van der Waals surface area contributed by atoms with Crippen molar-refractivity contribution in [2.24, 2.45) is 10.7 Å². The quantitative estimate of drug-likeness (QED) is 0.0924. The van der Waals surface area contributed by atoms with E-state index in [-0.39, 0.29) is 41.0 Å². The Morgan fingerprint density at radius 1 is 1.08 bits per heavy atom. The van der Waals surface area contributed by atoms with Crippen LogP contribution < -0.4 is 42.1 Å². The van der Waals surface area contributed by atoms with Gasteiger partial charge in [0.25, 0.3) is 29.0 Å². The number of aliphatic imine (C=N–C) groups is 1. The first kappa shape index (κ1) is 39.6. The molecule has 2 fully saturated rings. The maximum Gasteiger partial charge on any atom is 0.280 e. The van der Waals surface area contributed by atoms with Gasteiger partial charge in [0.15, 0.2) is 23.4 Å². The molecule has 0 spiro atoms. The van der Waals surface area contributed by atoms with Gasteiger partial charge in [0.05, 0.1) is 44.0 Å². The van der Waals surface area contributed by atoms with Crippen molar-refractivity contribution in [3.05, 3.63) is 34.3 Å². The van der Waals surface area contributed by atoms with Crippen LogP contribution in [0.3, 0.4) is 0 Å². The predicted molar refractivity (Wildman–Crippen MR) is 163 cm³/mol. The Hall–Kier alpha value is -3.04. The summed E-state index contributed by atoms with van der Waals surface area (Å²) in [7, 11) is -15.6. The largest absolute Gasteiger partial charge is 0.830 e. The number of aromatic nitrogens is 3. The van der Waals surface area contributed by atoms with Crippen LogP contribution in [0.25, 0.3) is 11.0 Å². The number of nitrogen functional groups attached to an aromatic ring is 1. The number of H-pyrrole nitrogens is 1. The highest BCUT2D eigenvalue weighted by Crippen LogP contribution is 2.63. The molecular formula is C23H32N9O18P3-4. The highest BCUT2D eigenvalue weighted by atomic mass is 31.3. The van der Waals surface area contributed by atoms with E-state index < -0.39 is 97.5 Å². The highest BCUT2D eigenvalue weighted by Gasteiger charge is 2.56. The number of hydrogen-bond donors (Lipinski definition) is 7. The van der Waals surface area contributed by atoms with Crippen LogP contribution in [0, 0.1) is 0 Å². The maximum absolute atomic E-state index is 12.5. The zero-order chi connectivity index (χ0) is 38.8. The smallest absolute Gasteiger partial charge is 0.280 e. The van der Waals surface area contributed by atoms with Crippen molar-refractivity contribution >= 4 is 46.3 Å². The maximum atomic E-state index is 12.5. The molecule has 2 aromatic heterocycles. The second-order valence-corrected chi connectivity index (χ2v) is 16.5. The third kappa shape index (κ3) is 7.76. The molecule has 296 valence electrons. The number of phosphoric acid groups is 3. The Kier molecular flexibility index (Phi) is 10.6. The first-order valence-corrected chi connectivity index (χ1v) is 19.4. The number of likely N-dealkylation sites (N-methyl/N-ethyl adjacent to an activating group) is 1. The van der Waals surface area contributed by atoms with Gasteiger partial charge < -0.3 is 94.5 Å². The number of fused-ring (bicyclic) bond motifs is 1. The lowest BCUT2D eigenvalue weighted by atomic mass is 10.0. The highest BCUT2D eigenvalue weighted by molar-refractivity contribution is 7.65. The van der Waals surface area contributed by atoms with Crippen LogP contribution in [0.15, 0.2) is 33.7 Å². The summed E-state index contributed by atoms with van der Waals surface area (Å²) in [4.78, 5) is 61.9. The van der Waals surface area contributed by atoms with Crippen LogP contribution in [-0.4, -0.2) is 129 Å². The molecule has 6 heterocycles. The number of methoxy groups -OCH3 is 1. The number of hydrogen-bond acceptors (Lipinski definition) is 25. The molecule has 6 rings (SSSR count). The Morgan fingerprint density at radius 3 is 2.36 bits per heavy atom.